The van der Waals surface area contributed by atoms with Gasteiger partial charge in [-0.3, -0.25) is 19.7 Å². The van der Waals surface area contributed by atoms with Gasteiger partial charge in [0.2, 0.25) is 5.91 Å². The molecule has 0 atom stereocenters. The highest BCUT2D eigenvalue weighted by Crippen LogP contribution is 2.38. The van der Waals surface area contributed by atoms with Crippen molar-refractivity contribution in [3.8, 4) is 5.75 Å². The van der Waals surface area contributed by atoms with Gasteiger partial charge < -0.3 is 24.4 Å². The predicted octanol–water partition coefficient (Wildman–Crippen LogP) is 2.14. The molecule has 0 unspecified atom stereocenters. The van der Waals surface area contributed by atoms with E-state index in [2.05, 4.69) is 5.32 Å². The van der Waals surface area contributed by atoms with Crippen LogP contribution in [0.2, 0.25) is 0 Å². The normalized spacial score (nSPS) is 16.7. The number of anilines is 1. The van der Waals surface area contributed by atoms with Crippen LogP contribution in [0.25, 0.3) is 0 Å². The first-order valence-electron chi connectivity index (χ1n) is 10.1. The minimum absolute atomic E-state index is 0.0132. The van der Waals surface area contributed by atoms with Crippen LogP contribution in [0.1, 0.15) is 27.9 Å². The van der Waals surface area contributed by atoms with Gasteiger partial charge in [-0.15, -0.1) is 0 Å². The lowest BCUT2D eigenvalue weighted by Gasteiger charge is -2.28. The molecule has 168 valence electrons. The first-order valence-corrected chi connectivity index (χ1v) is 10.1. The summed E-state index contributed by atoms with van der Waals surface area (Å²) in [6.45, 7) is 1.08. The number of amides is 2. The number of benzene rings is 2. The van der Waals surface area contributed by atoms with Crippen LogP contribution in [0.3, 0.4) is 0 Å². The number of hydrogen-bond donors (Lipinski definition) is 1. The van der Waals surface area contributed by atoms with Crippen molar-refractivity contribution in [2.75, 3.05) is 38.8 Å². The monoisotopic (exact) mass is 441 g/mol. The molecule has 2 aromatic carbocycles. The first-order chi connectivity index (χ1) is 15.3. The van der Waals surface area contributed by atoms with Gasteiger partial charge in [0.25, 0.3) is 5.91 Å². The third-order valence-corrected chi connectivity index (χ3v) is 5.73. The minimum atomic E-state index is -1.01. The molecule has 2 amide bonds. The highest BCUT2D eigenvalue weighted by atomic mass is 16.7. The lowest BCUT2D eigenvalue weighted by atomic mass is 9.98. The molecule has 32 heavy (non-hydrogen) atoms. The number of fused-ring (bicyclic) bond motifs is 1. The number of hydrogen-bond acceptors (Lipinski definition) is 7. The lowest BCUT2D eigenvalue weighted by molar-refractivity contribution is -0.385. The molecular formula is C22H23N3O7. The summed E-state index contributed by atoms with van der Waals surface area (Å²) in [5, 5.41) is 13.8. The van der Waals surface area contributed by atoms with E-state index in [1.54, 1.807) is 11.9 Å². The molecule has 0 bridgehead atoms. The van der Waals surface area contributed by atoms with Gasteiger partial charge in [-0.25, -0.2) is 0 Å². The zero-order chi connectivity index (χ0) is 22.9. The summed E-state index contributed by atoms with van der Waals surface area (Å²) in [7, 11) is 3.05. The highest BCUT2D eigenvalue weighted by Gasteiger charge is 2.39. The summed E-state index contributed by atoms with van der Waals surface area (Å²) in [5.41, 5.74) is 2.61. The second-order valence-corrected chi connectivity index (χ2v) is 7.57. The van der Waals surface area contributed by atoms with Crippen LogP contribution in [0.4, 0.5) is 11.4 Å². The fraction of sp³-hybridized carbons (Fsp3) is 0.364. The van der Waals surface area contributed by atoms with E-state index >= 15 is 0 Å². The van der Waals surface area contributed by atoms with E-state index in [0.29, 0.717) is 26.1 Å². The molecule has 2 aromatic rings. The van der Waals surface area contributed by atoms with Gasteiger partial charge in [-0.1, -0.05) is 6.07 Å². The molecule has 10 heteroatoms. The number of nitrogens with one attached hydrogen (secondary N) is 1. The lowest BCUT2D eigenvalue weighted by Crippen LogP contribution is -2.34. The van der Waals surface area contributed by atoms with E-state index < -0.39 is 16.6 Å². The molecule has 1 saturated heterocycles. The number of rotatable bonds is 7. The van der Waals surface area contributed by atoms with E-state index in [-0.39, 0.29) is 29.5 Å². The van der Waals surface area contributed by atoms with Crippen LogP contribution in [0.5, 0.6) is 5.75 Å². The van der Waals surface area contributed by atoms with Gasteiger partial charge in [0.15, 0.2) is 11.5 Å². The van der Waals surface area contributed by atoms with Crippen molar-refractivity contribution >= 4 is 23.2 Å². The van der Waals surface area contributed by atoms with Gasteiger partial charge in [-0.2, -0.15) is 0 Å². The Bertz CT molecular complexity index is 1080. The second-order valence-electron chi connectivity index (χ2n) is 7.57. The Kier molecular flexibility index (Phi) is 5.81. The second kappa shape index (κ2) is 8.56. The van der Waals surface area contributed by atoms with Crippen LogP contribution in [0.15, 0.2) is 36.4 Å². The Balaban J connectivity index is 1.46. The van der Waals surface area contributed by atoms with Crippen LogP contribution in [0, 0.1) is 10.1 Å². The molecule has 2 heterocycles. The molecule has 0 aliphatic carbocycles. The third-order valence-electron chi connectivity index (χ3n) is 5.73. The number of nitro groups is 1. The molecule has 0 saturated carbocycles. The maximum atomic E-state index is 12.6. The molecular weight excluding hydrogens is 418 g/mol. The third kappa shape index (κ3) is 3.90. The maximum Gasteiger partial charge on any atom is 0.310 e. The van der Waals surface area contributed by atoms with Crippen molar-refractivity contribution in [3.63, 3.8) is 0 Å². The standard InChI is InChI=1S/C22H23N3O7/c1-24-17-6-4-16(11-15(17)13-20(24)26)22(31-9-10-32-22)7-8-23-21(27)14-3-5-18(25(28)29)19(12-14)30-2/h3-6,11-12H,7-10,13H2,1-2H3,(H,23,27). The summed E-state index contributed by atoms with van der Waals surface area (Å²) >= 11 is 0. The quantitative estimate of drug-likeness (QED) is 0.516. The summed E-state index contributed by atoms with van der Waals surface area (Å²) < 4.78 is 16.9. The number of ether oxygens (including phenoxy) is 3. The van der Waals surface area contributed by atoms with Crippen LogP contribution < -0.4 is 15.0 Å². The van der Waals surface area contributed by atoms with Crippen molar-refractivity contribution in [2.45, 2.75) is 18.6 Å². The van der Waals surface area contributed by atoms with Crippen molar-refractivity contribution in [2.24, 2.45) is 0 Å². The Hall–Kier alpha value is -3.50. The summed E-state index contributed by atoms with van der Waals surface area (Å²) in [5.74, 6) is -1.36. The number of nitro benzene ring substituents is 1. The number of nitrogens with zero attached hydrogens (tertiary/aromatic N) is 2. The molecule has 1 N–H and O–H groups in total. The number of likely N-dealkylation sites (N-methyl/N-ethyl adjacent to an activating group) is 1. The SMILES string of the molecule is COc1cc(C(=O)NCCC2(c3ccc4c(c3)CC(=O)N4C)OCCO2)ccc1[N+](=O)[O-]. The van der Waals surface area contributed by atoms with Crippen LogP contribution in [-0.2, 0) is 26.5 Å². The number of carbonyl (C=O) groups excluding carboxylic acids is 2. The molecule has 2 aliphatic rings. The van der Waals surface area contributed by atoms with Gasteiger partial charge in [-0.05, 0) is 23.8 Å². The molecule has 0 aromatic heterocycles. The van der Waals surface area contributed by atoms with E-state index in [9.17, 15) is 19.7 Å². The maximum absolute atomic E-state index is 12.6. The van der Waals surface area contributed by atoms with Gasteiger partial charge in [0.1, 0.15) is 0 Å². The van der Waals surface area contributed by atoms with Crippen molar-refractivity contribution in [1.29, 1.82) is 0 Å². The van der Waals surface area contributed by atoms with E-state index in [0.717, 1.165) is 16.8 Å². The van der Waals surface area contributed by atoms with Crippen LogP contribution >= 0.6 is 0 Å². The highest BCUT2D eigenvalue weighted by molar-refractivity contribution is 6.01. The summed E-state index contributed by atoms with van der Waals surface area (Å²) in [4.78, 5) is 36.7. The minimum Gasteiger partial charge on any atom is -0.490 e. The van der Waals surface area contributed by atoms with Gasteiger partial charge in [0.05, 0.1) is 31.7 Å². The largest absolute Gasteiger partial charge is 0.490 e. The molecule has 0 spiro atoms. The molecule has 2 aliphatic heterocycles. The summed E-state index contributed by atoms with van der Waals surface area (Å²) in [6.07, 6.45) is 0.680. The number of methoxy groups -OCH3 is 1. The zero-order valence-electron chi connectivity index (χ0n) is 17.8. The smallest absolute Gasteiger partial charge is 0.310 e. The van der Waals surface area contributed by atoms with Crippen LogP contribution in [-0.4, -0.2) is 50.7 Å². The van der Waals surface area contributed by atoms with E-state index in [1.165, 1.54) is 25.3 Å². The average molecular weight is 441 g/mol. The topological polar surface area (TPSA) is 120 Å². The van der Waals surface area contributed by atoms with Gasteiger partial charge >= 0.3 is 5.69 Å². The van der Waals surface area contributed by atoms with Crippen molar-refractivity contribution in [3.05, 3.63) is 63.2 Å². The predicted molar refractivity (Wildman–Crippen MR) is 114 cm³/mol. The molecule has 1 fully saturated rings. The van der Waals surface area contributed by atoms with Crippen molar-refractivity contribution < 1.29 is 28.7 Å². The average Bonchev–Trinajstić information content (AvgIpc) is 3.38. The van der Waals surface area contributed by atoms with Crippen molar-refractivity contribution in [1.82, 2.24) is 5.32 Å². The fourth-order valence-corrected chi connectivity index (χ4v) is 4.03. The molecule has 10 nitrogen and oxygen atoms in total. The zero-order valence-corrected chi connectivity index (χ0v) is 17.8. The first kappa shape index (κ1) is 21.7. The molecule has 0 radical (unpaired) electrons. The molecule has 4 rings (SSSR count). The number of carbonyl (C=O) groups is 2. The van der Waals surface area contributed by atoms with Gasteiger partial charge in [0, 0.05) is 49.0 Å². The Morgan fingerprint density at radius 1 is 1.25 bits per heavy atom. The van der Waals surface area contributed by atoms with E-state index in [1.807, 2.05) is 18.2 Å². The summed E-state index contributed by atoms with van der Waals surface area (Å²) in [6, 6.07) is 9.63. The Labute approximate surface area is 184 Å². The Morgan fingerprint density at radius 3 is 2.69 bits per heavy atom. The van der Waals surface area contributed by atoms with E-state index in [4.69, 9.17) is 14.2 Å². The fourth-order valence-electron chi connectivity index (χ4n) is 4.03. The Morgan fingerprint density at radius 2 is 2.00 bits per heavy atom.